The molecule has 3 atom stereocenters. The molecule has 0 bridgehead atoms. The summed E-state index contributed by atoms with van der Waals surface area (Å²) < 4.78 is 32.6. The first kappa shape index (κ1) is 55.5. The SMILES string of the molecule is CCCCCCCCCCC/C=C/CC/C=C/CC/C=C/C(O)C(CS(=O)(=O)O)NC(=O)C(O)CCCCCCCCCCCCCCCCCCCCCCC. The van der Waals surface area contributed by atoms with Gasteiger partial charge in [0.15, 0.2) is 0 Å². The molecule has 0 heterocycles. The standard InChI is InChI=1S/C49H93NO6S/c1-3-5-7-9-11-13-15-17-19-21-23-24-26-28-30-32-34-36-38-40-42-44-48(52)49(53)50-46(45-57(54,55)56)47(51)43-41-39-37-35-33-31-29-27-25-22-20-18-16-14-12-10-8-6-4-2/h25,27,33,35,41,43,46-48,51-52H,3-24,26,28-32,34,36-40,42,44-45H2,1-2H3,(H,50,53)(H,54,55,56)/b27-25+,35-33+,43-41+. The van der Waals surface area contributed by atoms with E-state index >= 15 is 0 Å². The van der Waals surface area contributed by atoms with E-state index < -0.39 is 40.0 Å². The van der Waals surface area contributed by atoms with E-state index in [1.807, 2.05) is 0 Å². The Hall–Kier alpha value is -1.48. The Morgan fingerprint density at radius 2 is 0.789 bits per heavy atom. The topological polar surface area (TPSA) is 124 Å². The highest BCUT2D eigenvalue weighted by molar-refractivity contribution is 7.85. The van der Waals surface area contributed by atoms with Gasteiger partial charge in [-0.1, -0.05) is 237 Å². The van der Waals surface area contributed by atoms with Crippen molar-refractivity contribution < 1.29 is 28.0 Å². The van der Waals surface area contributed by atoms with E-state index in [1.54, 1.807) is 6.08 Å². The molecular weight excluding hydrogens is 731 g/mol. The maximum absolute atomic E-state index is 12.6. The van der Waals surface area contributed by atoms with Crippen LogP contribution in [0.25, 0.3) is 0 Å². The average Bonchev–Trinajstić information content (AvgIpc) is 3.18. The third-order valence-corrected chi connectivity index (χ3v) is 11.9. The lowest BCUT2D eigenvalue weighted by atomic mass is 10.0. The summed E-state index contributed by atoms with van der Waals surface area (Å²) in [5, 5.41) is 23.5. The van der Waals surface area contributed by atoms with Crippen LogP contribution in [0.5, 0.6) is 0 Å². The third kappa shape index (κ3) is 42.5. The molecule has 0 spiro atoms. The molecule has 0 rings (SSSR count). The normalized spacial score (nSPS) is 14.0. The monoisotopic (exact) mass is 824 g/mol. The van der Waals surface area contributed by atoms with E-state index in [0.717, 1.165) is 44.9 Å². The van der Waals surface area contributed by atoms with Crippen LogP contribution >= 0.6 is 0 Å². The Morgan fingerprint density at radius 1 is 0.474 bits per heavy atom. The minimum Gasteiger partial charge on any atom is -0.387 e. The number of hydrogen-bond acceptors (Lipinski definition) is 5. The smallest absolute Gasteiger partial charge is 0.267 e. The van der Waals surface area contributed by atoms with Crippen molar-refractivity contribution in [2.24, 2.45) is 0 Å². The Kier molecular flexibility index (Phi) is 41.5. The van der Waals surface area contributed by atoms with Crippen LogP contribution in [0.3, 0.4) is 0 Å². The predicted octanol–water partition coefficient (Wildman–Crippen LogP) is 13.8. The molecule has 336 valence electrons. The number of carbonyl (C=O) groups is 1. The summed E-state index contributed by atoms with van der Waals surface area (Å²) in [6.07, 6.45) is 53.5. The van der Waals surface area contributed by atoms with Crippen LogP contribution in [0.2, 0.25) is 0 Å². The number of carbonyl (C=O) groups excluding carboxylic acids is 1. The Labute approximate surface area is 353 Å². The van der Waals surface area contributed by atoms with Gasteiger partial charge in [0.05, 0.1) is 17.9 Å². The molecule has 7 nitrogen and oxygen atoms in total. The second kappa shape index (κ2) is 42.6. The van der Waals surface area contributed by atoms with Crippen molar-refractivity contribution in [2.75, 3.05) is 5.75 Å². The summed E-state index contributed by atoms with van der Waals surface area (Å²) >= 11 is 0. The lowest BCUT2D eigenvalue weighted by molar-refractivity contribution is -0.130. The Morgan fingerprint density at radius 3 is 1.16 bits per heavy atom. The zero-order valence-electron chi connectivity index (χ0n) is 37.3. The molecule has 0 aliphatic carbocycles. The van der Waals surface area contributed by atoms with Gasteiger partial charge in [-0.25, -0.2) is 0 Å². The van der Waals surface area contributed by atoms with Crippen molar-refractivity contribution in [3.8, 4) is 0 Å². The maximum Gasteiger partial charge on any atom is 0.267 e. The van der Waals surface area contributed by atoms with Crippen LogP contribution in [-0.4, -0.2) is 53.1 Å². The minimum atomic E-state index is -4.46. The molecule has 1 amide bonds. The molecule has 0 aliphatic heterocycles. The summed E-state index contributed by atoms with van der Waals surface area (Å²) in [4.78, 5) is 12.6. The first-order chi connectivity index (χ1) is 27.7. The average molecular weight is 824 g/mol. The molecule has 0 saturated carbocycles. The van der Waals surface area contributed by atoms with E-state index in [4.69, 9.17) is 0 Å². The quantitative estimate of drug-likeness (QED) is 0.0276. The van der Waals surface area contributed by atoms with Crippen molar-refractivity contribution >= 4 is 16.0 Å². The van der Waals surface area contributed by atoms with Gasteiger partial charge in [0.25, 0.3) is 10.1 Å². The van der Waals surface area contributed by atoms with Crippen LogP contribution in [0, 0.1) is 0 Å². The molecule has 4 N–H and O–H groups in total. The molecule has 0 fully saturated rings. The van der Waals surface area contributed by atoms with E-state index in [0.29, 0.717) is 12.8 Å². The van der Waals surface area contributed by atoms with Gasteiger partial charge >= 0.3 is 0 Å². The number of amides is 1. The van der Waals surface area contributed by atoms with Crippen molar-refractivity contribution in [2.45, 2.75) is 263 Å². The van der Waals surface area contributed by atoms with Crippen LogP contribution < -0.4 is 5.32 Å². The highest BCUT2D eigenvalue weighted by atomic mass is 32.2. The molecule has 0 aliphatic rings. The van der Waals surface area contributed by atoms with Crippen LogP contribution in [0.1, 0.15) is 245 Å². The van der Waals surface area contributed by atoms with Crippen LogP contribution in [0.4, 0.5) is 0 Å². The zero-order valence-corrected chi connectivity index (χ0v) is 38.2. The molecule has 0 aromatic rings. The first-order valence-corrected chi connectivity index (χ1v) is 25.9. The fraction of sp³-hybridized carbons (Fsp3) is 0.857. The first-order valence-electron chi connectivity index (χ1n) is 24.3. The van der Waals surface area contributed by atoms with Gasteiger partial charge < -0.3 is 15.5 Å². The summed E-state index contributed by atoms with van der Waals surface area (Å²) in [6.45, 7) is 4.54. The molecule has 0 saturated heterocycles. The largest absolute Gasteiger partial charge is 0.387 e. The van der Waals surface area contributed by atoms with E-state index in [-0.39, 0.29) is 6.42 Å². The van der Waals surface area contributed by atoms with Crippen LogP contribution in [-0.2, 0) is 14.9 Å². The number of unbranched alkanes of at least 4 members (excludes halogenated alkanes) is 31. The number of nitrogens with one attached hydrogen (secondary N) is 1. The van der Waals surface area contributed by atoms with Crippen molar-refractivity contribution in [1.29, 1.82) is 0 Å². The van der Waals surface area contributed by atoms with E-state index in [9.17, 15) is 28.0 Å². The Bertz CT molecular complexity index is 1060. The lowest BCUT2D eigenvalue weighted by Gasteiger charge is -2.22. The summed E-state index contributed by atoms with van der Waals surface area (Å²) in [7, 11) is -4.46. The lowest BCUT2D eigenvalue weighted by Crippen LogP contribution is -2.50. The third-order valence-electron chi connectivity index (χ3n) is 11.2. The molecule has 0 radical (unpaired) electrons. The van der Waals surface area contributed by atoms with Crippen molar-refractivity contribution in [3.63, 3.8) is 0 Å². The highest BCUT2D eigenvalue weighted by Crippen LogP contribution is 2.16. The van der Waals surface area contributed by atoms with Gasteiger partial charge in [0, 0.05) is 0 Å². The second-order valence-electron chi connectivity index (χ2n) is 16.9. The van der Waals surface area contributed by atoms with Gasteiger partial charge in [-0.15, -0.1) is 0 Å². The molecule has 0 aromatic heterocycles. The predicted molar refractivity (Wildman–Crippen MR) is 245 cm³/mol. The highest BCUT2D eigenvalue weighted by Gasteiger charge is 2.27. The minimum absolute atomic E-state index is 0.275. The zero-order chi connectivity index (χ0) is 41.9. The summed E-state index contributed by atoms with van der Waals surface area (Å²) in [5.41, 5.74) is 0. The van der Waals surface area contributed by atoms with Crippen molar-refractivity contribution in [3.05, 3.63) is 36.5 Å². The molecule has 8 heteroatoms. The van der Waals surface area contributed by atoms with Gasteiger partial charge in [-0.3, -0.25) is 9.35 Å². The van der Waals surface area contributed by atoms with Crippen LogP contribution in [0.15, 0.2) is 36.5 Å². The molecule has 0 aromatic carbocycles. The second-order valence-corrected chi connectivity index (χ2v) is 18.4. The van der Waals surface area contributed by atoms with Gasteiger partial charge in [-0.2, -0.15) is 8.42 Å². The van der Waals surface area contributed by atoms with Gasteiger partial charge in [-0.05, 0) is 44.9 Å². The fourth-order valence-corrected chi connectivity index (χ4v) is 8.17. The molecule has 3 unspecified atom stereocenters. The fourth-order valence-electron chi connectivity index (χ4n) is 7.43. The Balaban J connectivity index is 3.97. The number of rotatable bonds is 44. The van der Waals surface area contributed by atoms with Gasteiger partial charge in [0.2, 0.25) is 5.91 Å². The molecular formula is C49H93NO6S. The molecule has 57 heavy (non-hydrogen) atoms. The maximum atomic E-state index is 12.6. The van der Waals surface area contributed by atoms with Crippen molar-refractivity contribution in [1.82, 2.24) is 5.32 Å². The number of hydrogen-bond donors (Lipinski definition) is 4. The van der Waals surface area contributed by atoms with E-state index in [2.05, 4.69) is 43.5 Å². The summed E-state index contributed by atoms with van der Waals surface area (Å²) in [6, 6.07) is -1.25. The van der Waals surface area contributed by atoms with E-state index in [1.165, 1.54) is 173 Å². The number of aliphatic hydroxyl groups excluding tert-OH is 2. The number of allylic oxidation sites excluding steroid dienone is 5. The number of aliphatic hydroxyl groups is 2. The van der Waals surface area contributed by atoms with Gasteiger partial charge in [0.1, 0.15) is 6.10 Å². The summed E-state index contributed by atoms with van der Waals surface area (Å²) in [5.74, 6) is -1.56.